The van der Waals surface area contributed by atoms with Gasteiger partial charge in [0.15, 0.2) is 11.7 Å². The van der Waals surface area contributed by atoms with Crippen molar-refractivity contribution in [3.8, 4) is 6.07 Å². The summed E-state index contributed by atoms with van der Waals surface area (Å²) in [6, 6.07) is 1.01. The second-order valence-electron chi connectivity index (χ2n) is 5.62. The van der Waals surface area contributed by atoms with Gasteiger partial charge in [0.2, 0.25) is 11.8 Å². The zero-order valence-corrected chi connectivity index (χ0v) is 12.9. The number of rotatable bonds is 6. The van der Waals surface area contributed by atoms with Gasteiger partial charge < -0.3 is 10.2 Å². The summed E-state index contributed by atoms with van der Waals surface area (Å²) in [4.78, 5) is 37.9. The molecule has 1 heterocycles. The minimum Gasteiger partial charge on any atom is -0.352 e. The molecule has 1 fully saturated rings. The molecule has 0 radical (unpaired) electrons. The first kappa shape index (κ1) is 17.2. The topological polar surface area (TPSA) is 90.3 Å². The molecule has 0 aromatic heterocycles. The van der Waals surface area contributed by atoms with Crippen molar-refractivity contribution in [2.75, 3.05) is 6.54 Å². The molecule has 0 aromatic rings. The van der Waals surface area contributed by atoms with Crippen molar-refractivity contribution in [3.05, 3.63) is 0 Å². The van der Waals surface area contributed by atoms with Crippen LogP contribution in [0.1, 0.15) is 46.5 Å². The third-order valence-corrected chi connectivity index (χ3v) is 3.47. The summed E-state index contributed by atoms with van der Waals surface area (Å²) in [5.74, 6) is -2.45. The predicted octanol–water partition coefficient (Wildman–Crippen LogP) is 1.01. The lowest BCUT2D eigenvalue weighted by Gasteiger charge is -2.25. The smallest absolute Gasteiger partial charge is 0.245 e. The van der Waals surface area contributed by atoms with E-state index in [2.05, 4.69) is 5.32 Å². The van der Waals surface area contributed by atoms with E-state index in [1.165, 1.54) is 4.90 Å². The molecule has 1 N–H and O–H groups in total. The molecule has 0 aromatic carbocycles. The maximum Gasteiger partial charge on any atom is 0.245 e. The summed E-state index contributed by atoms with van der Waals surface area (Å²) in [5.41, 5.74) is 0. The average Bonchev–Trinajstić information content (AvgIpc) is 2.87. The fourth-order valence-corrected chi connectivity index (χ4v) is 2.53. The summed E-state index contributed by atoms with van der Waals surface area (Å²) < 4.78 is 0. The Kier molecular flexibility index (Phi) is 6.35. The fraction of sp³-hybridized carbons (Fsp3) is 0.733. The van der Waals surface area contributed by atoms with Gasteiger partial charge in [-0.3, -0.25) is 14.4 Å². The first-order valence-corrected chi connectivity index (χ1v) is 7.45. The van der Waals surface area contributed by atoms with Crippen molar-refractivity contribution < 1.29 is 14.4 Å². The van der Waals surface area contributed by atoms with E-state index in [0.29, 0.717) is 25.8 Å². The van der Waals surface area contributed by atoms with Gasteiger partial charge in [0.05, 0.1) is 12.1 Å². The number of ketones is 1. The van der Waals surface area contributed by atoms with Crippen LogP contribution in [0.25, 0.3) is 0 Å². The van der Waals surface area contributed by atoms with E-state index < -0.39 is 23.7 Å². The monoisotopic (exact) mass is 293 g/mol. The summed E-state index contributed by atoms with van der Waals surface area (Å²) >= 11 is 0. The Labute approximate surface area is 125 Å². The lowest BCUT2D eigenvalue weighted by Crippen LogP contribution is -2.47. The van der Waals surface area contributed by atoms with E-state index in [4.69, 9.17) is 5.26 Å². The van der Waals surface area contributed by atoms with E-state index in [1.54, 1.807) is 19.9 Å². The molecule has 0 spiro atoms. The molecule has 1 aliphatic heterocycles. The summed E-state index contributed by atoms with van der Waals surface area (Å²) in [7, 11) is 0. The third-order valence-electron chi connectivity index (χ3n) is 3.47. The predicted molar refractivity (Wildman–Crippen MR) is 77.0 cm³/mol. The van der Waals surface area contributed by atoms with Crippen LogP contribution in [0.5, 0.6) is 0 Å². The molecular weight excluding hydrogens is 270 g/mol. The van der Waals surface area contributed by atoms with Crippen LogP contribution in [0.2, 0.25) is 0 Å². The maximum atomic E-state index is 12.4. The van der Waals surface area contributed by atoms with Crippen LogP contribution in [0.3, 0.4) is 0 Å². The van der Waals surface area contributed by atoms with Gasteiger partial charge in [0.1, 0.15) is 0 Å². The van der Waals surface area contributed by atoms with Gasteiger partial charge in [-0.15, -0.1) is 0 Å². The largest absolute Gasteiger partial charge is 0.352 e. The Bertz CT molecular complexity index is 454. The lowest BCUT2D eigenvalue weighted by atomic mass is 9.96. The zero-order valence-electron chi connectivity index (χ0n) is 12.9. The van der Waals surface area contributed by atoms with Gasteiger partial charge in [-0.2, -0.15) is 5.26 Å². The molecule has 0 aliphatic carbocycles. The molecular formula is C15H23N3O3. The van der Waals surface area contributed by atoms with E-state index in [1.807, 2.05) is 6.92 Å². The highest BCUT2D eigenvalue weighted by molar-refractivity contribution is 6.07. The van der Waals surface area contributed by atoms with E-state index in [9.17, 15) is 14.4 Å². The number of hydrogen-bond donors (Lipinski definition) is 1. The third kappa shape index (κ3) is 4.28. The second kappa shape index (κ2) is 7.77. The highest BCUT2D eigenvalue weighted by atomic mass is 16.2. The molecule has 0 unspecified atom stereocenters. The number of nitrogens with zero attached hydrogens (tertiary/aromatic N) is 2. The highest BCUT2D eigenvalue weighted by Gasteiger charge is 2.39. The highest BCUT2D eigenvalue weighted by Crippen LogP contribution is 2.22. The van der Waals surface area contributed by atoms with Crippen LogP contribution < -0.4 is 5.32 Å². The summed E-state index contributed by atoms with van der Waals surface area (Å²) in [6.07, 6.45) is 2.36. The number of nitriles is 1. The molecule has 6 heteroatoms. The van der Waals surface area contributed by atoms with Crippen LogP contribution >= 0.6 is 0 Å². The van der Waals surface area contributed by atoms with E-state index in [-0.39, 0.29) is 11.9 Å². The molecule has 21 heavy (non-hydrogen) atoms. The number of nitrogens with one attached hydrogen (secondary N) is 1. The normalized spacial score (nSPS) is 19.2. The van der Waals surface area contributed by atoms with Gasteiger partial charge in [0, 0.05) is 19.0 Å². The SMILES string of the molecule is CCCC(=O)N1CCC[C@H]1C(=O)[C@H](C#N)C(=O)NC(C)C. The minimum atomic E-state index is -1.34. The molecule has 116 valence electrons. The van der Waals surface area contributed by atoms with E-state index >= 15 is 0 Å². The lowest BCUT2D eigenvalue weighted by molar-refractivity contribution is -0.141. The van der Waals surface area contributed by atoms with Crippen molar-refractivity contribution in [3.63, 3.8) is 0 Å². The summed E-state index contributed by atoms with van der Waals surface area (Å²) in [6.45, 7) is 5.96. The average molecular weight is 293 g/mol. The fourth-order valence-electron chi connectivity index (χ4n) is 2.53. The van der Waals surface area contributed by atoms with Crippen molar-refractivity contribution in [2.45, 2.75) is 58.5 Å². The van der Waals surface area contributed by atoms with Crippen LogP contribution in [0.4, 0.5) is 0 Å². The van der Waals surface area contributed by atoms with Gasteiger partial charge in [-0.25, -0.2) is 0 Å². The molecule has 1 rings (SSSR count). The van der Waals surface area contributed by atoms with Crippen LogP contribution in [0, 0.1) is 17.2 Å². The molecule has 1 saturated heterocycles. The first-order chi connectivity index (χ1) is 9.92. The number of Topliss-reactive ketones (excluding diaryl/α,β-unsaturated/α-hetero) is 1. The van der Waals surface area contributed by atoms with Crippen molar-refractivity contribution in [1.29, 1.82) is 5.26 Å². The maximum absolute atomic E-state index is 12.4. The number of carbonyl (C=O) groups is 3. The van der Waals surface area contributed by atoms with Crippen LogP contribution in [-0.2, 0) is 14.4 Å². The Morgan fingerprint density at radius 3 is 2.57 bits per heavy atom. The van der Waals surface area contributed by atoms with Gasteiger partial charge in [-0.1, -0.05) is 6.92 Å². The minimum absolute atomic E-state index is 0.0747. The Hall–Kier alpha value is -1.90. The van der Waals surface area contributed by atoms with Gasteiger partial charge in [-0.05, 0) is 33.1 Å². The second-order valence-corrected chi connectivity index (χ2v) is 5.62. The summed E-state index contributed by atoms with van der Waals surface area (Å²) in [5, 5.41) is 11.7. The number of carbonyl (C=O) groups excluding carboxylic acids is 3. The van der Waals surface area contributed by atoms with E-state index in [0.717, 1.165) is 6.42 Å². The van der Waals surface area contributed by atoms with Crippen molar-refractivity contribution >= 4 is 17.6 Å². The quantitative estimate of drug-likeness (QED) is 0.740. The zero-order chi connectivity index (χ0) is 16.0. The van der Waals surface area contributed by atoms with Gasteiger partial charge in [0.25, 0.3) is 0 Å². The number of hydrogen-bond acceptors (Lipinski definition) is 4. The molecule has 2 atom stereocenters. The molecule has 1 aliphatic rings. The number of amides is 2. The Morgan fingerprint density at radius 1 is 1.38 bits per heavy atom. The molecule has 0 bridgehead atoms. The molecule has 2 amide bonds. The standard InChI is InChI=1S/C15H23N3O3/c1-4-6-13(19)18-8-5-7-12(18)14(20)11(9-16)15(21)17-10(2)3/h10-12H,4-8H2,1-3H3,(H,17,21)/t11-,12-/m0/s1. The van der Waals surface area contributed by atoms with Crippen molar-refractivity contribution in [1.82, 2.24) is 10.2 Å². The first-order valence-electron chi connectivity index (χ1n) is 7.45. The van der Waals surface area contributed by atoms with Crippen LogP contribution in [0.15, 0.2) is 0 Å². The molecule has 6 nitrogen and oxygen atoms in total. The van der Waals surface area contributed by atoms with Crippen LogP contribution in [-0.4, -0.2) is 41.1 Å². The van der Waals surface area contributed by atoms with Crippen molar-refractivity contribution in [2.24, 2.45) is 5.92 Å². The Balaban J connectivity index is 2.82. The molecule has 0 saturated carbocycles. The Morgan fingerprint density at radius 2 is 2.05 bits per heavy atom. The number of likely N-dealkylation sites (tertiary alicyclic amines) is 1. The van der Waals surface area contributed by atoms with Gasteiger partial charge >= 0.3 is 0 Å².